The molecular formula is C17H15N3O3S2. The fourth-order valence-electron chi connectivity index (χ4n) is 2.14. The maximum Gasteiger partial charge on any atom is 0.270 e. The maximum atomic E-state index is 12.3. The van der Waals surface area contributed by atoms with E-state index in [9.17, 15) is 14.9 Å². The van der Waals surface area contributed by atoms with Gasteiger partial charge in [0.1, 0.15) is 0 Å². The second-order valence-corrected chi connectivity index (χ2v) is 8.12. The van der Waals surface area contributed by atoms with E-state index in [0.717, 1.165) is 16.0 Å². The molecule has 1 aromatic heterocycles. The van der Waals surface area contributed by atoms with Gasteiger partial charge in [-0.25, -0.2) is 4.98 Å². The van der Waals surface area contributed by atoms with Crippen LogP contribution in [-0.2, 0) is 4.79 Å². The zero-order valence-corrected chi connectivity index (χ0v) is 15.2. The van der Waals surface area contributed by atoms with Crippen LogP contribution < -0.4 is 5.32 Å². The van der Waals surface area contributed by atoms with Gasteiger partial charge in [-0.2, -0.15) is 0 Å². The molecule has 0 spiro atoms. The third kappa shape index (κ3) is 4.15. The molecule has 128 valence electrons. The molecule has 3 rings (SSSR count). The maximum absolute atomic E-state index is 12.3. The van der Waals surface area contributed by atoms with E-state index in [1.807, 2.05) is 38.1 Å². The van der Waals surface area contributed by atoms with Gasteiger partial charge in [0.25, 0.3) is 5.69 Å². The highest BCUT2D eigenvalue weighted by atomic mass is 32.2. The summed E-state index contributed by atoms with van der Waals surface area (Å²) in [5.41, 5.74) is 2.62. The third-order valence-electron chi connectivity index (χ3n) is 3.53. The van der Waals surface area contributed by atoms with Crippen LogP contribution in [0.15, 0.2) is 46.8 Å². The predicted molar refractivity (Wildman–Crippen MR) is 101 cm³/mol. The average molecular weight is 373 g/mol. The number of amides is 1. The fraction of sp³-hybridized carbons (Fsp3) is 0.176. The van der Waals surface area contributed by atoms with Crippen molar-refractivity contribution in [2.45, 2.75) is 23.4 Å². The summed E-state index contributed by atoms with van der Waals surface area (Å²) >= 11 is 2.69. The monoisotopic (exact) mass is 373 g/mol. The molecule has 8 heteroatoms. The summed E-state index contributed by atoms with van der Waals surface area (Å²) in [6.45, 7) is 3.80. The highest BCUT2D eigenvalue weighted by Gasteiger charge is 2.18. The van der Waals surface area contributed by atoms with Gasteiger partial charge in [-0.05, 0) is 32.0 Å². The molecule has 0 fully saturated rings. The number of anilines is 1. The lowest BCUT2D eigenvalue weighted by Gasteiger charge is -2.10. The number of benzene rings is 2. The van der Waals surface area contributed by atoms with Gasteiger partial charge < -0.3 is 5.32 Å². The lowest BCUT2D eigenvalue weighted by atomic mass is 10.2. The van der Waals surface area contributed by atoms with E-state index in [2.05, 4.69) is 10.3 Å². The minimum atomic E-state index is -0.427. The summed E-state index contributed by atoms with van der Waals surface area (Å²) in [5.74, 6) is -0.112. The van der Waals surface area contributed by atoms with E-state index in [0.29, 0.717) is 9.86 Å². The number of nitrogens with zero attached hydrogens (tertiary/aromatic N) is 2. The number of hydrogen-bond acceptors (Lipinski definition) is 6. The molecule has 2 aromatic carbocycles. The zero-order chi connectivity index (χ0) is 18.0. The average Bonchev–Trinajstić information content (AvgIpc) is 2.98. The van der Waals surface area contributed by atoms with Crippen LogP contribution in [0.5, 0.6) is 0 Å². The quantitative estimate of drug-likeness (QED) is 0.400. The fourth-order valence-corrected chi connectivity index (χ4v) is 4.39. The molecule has 0 aliphatic rings. The number of thiazole rings is 1. The third-order valence-corrected chi connectivity index (χ3v) is 5.74. The number of rotatable bonds is 5. The molecule has 0 saturated heterocycles. The predicted octanol–water partition coefficient (Wildman–Crippen LogP) is 4.63. The van der Waals surface area contributed by atoms with Gasteiger partial charge in [-0.3, -0.25) is 14.9 Å². The van der Waals surface area contributed by atoms with Crippen molar-refractivity contribution >= 4 is 50.6 Å². The van der Waals surface area contributed by atoms with Crippen molar-refractivity contribution in [3.63, 3.8) is 0 Å². The van der Waals surface area contributed by atoms with Crippen molar-refractivity contribution in [2.75, 3.05) is 5.32 Å². The number of hydrogen-bond donors (Lipinski definition) is 1. The Labute approximate surface area is 152 Å². The zero-order valence-electron chi connectivity index (χ0n) is 13.6. The molecule has 1 atom stereocenters. The summed E-state index contributed by atoms with van der Waals surface area (Å²) in [4.78, 5) is 27.2. The molecule has 0 unspecified atom stereocenters. The van der Waals surface area contributed by atoms with Crippen molar-refractivity contribution in [1.82, 2.24) is 4.98 Å². The van der Waals surface area contributed by atoms with E-state index >= 15 is 0 Å². The molecular weight excluding hydrogens is 358 g/mol. The summed E-state index contributed by atoms with van der Waals surface area (Å²) in [5, 5.41) is 13.4. The van der Waals surface area contributed by atoms with E-state index in [-0.39, 0.29) is 16.8 Å². The normalized spacial score (nSPS) is 12.1. The number of nitrogens with one attached hydrogen (secondary N) is 1. The Balaban J connectivity index is 1.70. The Morgan fingerprint density at radius 1 is 1.28 bits per heavy atom. The smallest absolute Gasteiger partial charge is 0.270 e. The van der Waals surface area contributed by atoms with Crippen LogP contribution in [0.25, 0.3) is 10.2 Å². The second-order valence-electron chi connectivity index (χ2n) is 5.50. The number of non-ortho nitro benzene ring substituents is 1. The Morgan fingerprint density at radius 2 is 2.00 bits per heavy atom. The lowest BCUT2D eigenvalue weighted by Crippen LogP contribution is -2.22. The molecule has 1 amide bonds. The molecule has 6 nitrogen and oxygen atoms in total. The van der Waals surface area contributed by atoms with Crippen molar-refractivity contribution in [3.05, 3.63) is 58.1 Å². The van der Waals surface area contributed by atoms with Gasteiger partial charge in [-0.1, -0.05) is 29.5 Å². The van der Waals surface area contributed by atoms with Crippen LogP contribution in [-0.4, -0.2) is 21.1 Å². The highest BCUT2D eigenvalue weighted by molar-refractivity contribution is 8.02. The Kier molecular flexibility index (Phi) is 5.00. The molecule has 0 aliphatic carbocycles. The Morgan fingerprint density at radius 3 is 2.68 bits per heavy atom. The van der Waals surface area contributed by atoms with E-state index < -0.39 is 4.92 Å². The summed E-state index contributed by atoms with van der Waals surface area (Å²) in [6, 6.07) is 12.2. The standard InChI is InChI=1S/C17H15N3O3S2/c1-10-3-5-12(6-4-10)18-16(21)11(2)24-17-19-14-8-7-13(20(22)23)9-15(14)25-17/h3-9,11H,1-2H3,(H,18,21)/t11-/m1/s1. The number of nitro groups is 1. The SMILES string of the molecule is Cc1ccc(NC(=O)[C@@H](C)Sc2nc3ccc([N+](=O)[O-])cc3s2)cc1. The van der Waals surface area contributed by atoms with Gasteiger partial charge in [0.15, 0.2) is 4.34 Å². The van der Waals surface area contributed by atoms with Gasteiger partial charge in [0, 0.05) is 17.8 Å². The van der Waals surface area contributed by atoms with Crippen LogP contribution in [0.2, 0.25) is 0 Å². The molecule has 1 heterocycles. The summed E-state index contributed by atoms with van der Waals surface area (Å²) in [7, 11) is 0. The first-order chi connectivity index (χ1) is 11.9. The van der Waals surface area contributed by atoms with E-state index in [1.54, 1.807) is 6.07 Å². The highest BCUT2D eigenvalue weighted by Crippen LogP contribution is 2.34. The van der Waals surface area contributed by atoms with Crippen LogP contribution >= 0.6 is 23.1 Å². The minimum Gasteiger partial charge on any atom is -0.325 e. The summed E-state index contributed by atoms with van der Waals surface area (Å²) in [6.07, 6.45) is 0. The molecule has 0 bridgehead atoms. The molecule has 0 radical (unpaired) electrons. The molecule has 0 saturated carbocycles. The van der Waals surface area contributed by atoms with Crippen LogP contribution in [0.1, 0.15) is 12.5 Å². The molecule has 0 aliphatic heterocycles. The van der Waals surface area contributed by atoms with Crippen LogP contribution in [0.4, 0.5) is 11.4 Å². The van der Waals surface area contributed by atoms with Gasteiger partial charge in [0.2, 0.25) is 5.91 Å². The largest absolute Gasteiger partial charge is 0.325 e. The van der Waals surface area contributed by atoms with Crippen LogP contribution in [0.3, 0.4) is 0 Å². The minimum absolute atomic E-state index is 0.0397. The second kappa shape index (κ2) is 7.20. The van der Waals surface area contributed by atoms with Gasteiger partial charge >= 0.3 is 0 Å². The Bertz CT molecular complexity index is 938. The number of carbonyl (C=O) groups excluding carboxylic acids is 1. The van der Waals surface area contributed by atoms with Crippen molar-refractivity contribution in [1.29, 1.82) is 0 Å². The number of aromatic nitrogens is 1. The topological polar surface area (TPSA) is 85.1 Å². The molecule has 25 heavy (non-hydrogen) atoms. The van der Waals surface area contributed by atoms with Gasteiger partial charge in [0.05, 0.1) is 20.4 Å². The first-order valence-electron chi connectivity index (χ1n) is 7.51. The van der Waals surface area contributed by atoms with E-state index in [4.69, 9.17) is 0 Å². The Hall–Kier alpha value is -2.45. The molecule has 3 aromatic rings. The van der Waals surface area contributed by atoms with Crippen LogP contribution in [0, 0.1) is 17.0 Å². The van der Waals surface area contributed by atoms with Gasteiger partial charge in [-0.15, -0.1) is 11.3 Å². The summed E-state index contributed by atoms with van der Waals surface area (Å²) < 4.78 is 1.45. The number of fused-ring (bicyclic) bond motifs is 1. The number of nitro benzene ring substituents is 1. The van der Waals surface area contributed by atoms with E-state index in [1.165, 1.54) is 35.2 Å². The van der Waals surface area contributed by atoms with Crippen molar-refractivity contribution in [3.8, 4) is 0 Å². The number of thioether (sulfide) groups is 1. The van der Waals surface area contributed by atoms with Crippen molar-refractivity contribution < 1.29 is 9.72 Å². The number of aryl methyl sites for hydroxylation is 1. The lowest BCUT2D eigenvalue weighted by molar-refractivity contribution is -0.384. The first kappa shape index (κ1) is 17.4. The number of carbonyl (C=O) groups is 1. The van der Waals surface area contributed by atoms with Crippen molar-refractivity contribution in [2.24, 2.45) is 0 Å². The molecule has 1 N–H and O–H groups in total. The first-order valence-corrected chi connectivity index (χ1v) is 9.21.